The number of fused-ring (bicyclic) bond motifs is 1. The molecule has 1 aliphatic heterocycles. The summed E-state index contributed by atoms with van der Waals surface area (Å²) < 4.78 is 28.4. The fraction of sp³-hybridized carbons (Fsp3) is 0.154. The summed E-state index contributed by atoms with van der Waals surface area (Å²) in [5, 5.41) is 71.5. The Kier molecular flexibility index (Phi) is 10.8. The maximum Gasteiger partial charge on any atom is 0.331 e. The third-order valence-corrected chi connectivity index (χ3v) is 8.17. The Morgan fingerprint density at radius 2 is 1.26 bits per heavy atom. The van der Waals surface area contributed by atoms with E-state index < -0.39 is 77.3 Å². The monoisotopic (exact) mass is 740 g/mol. The van der Waals surface area contributed by atoms with Crippen molar-refractivity contribution in [1.82, 2.24) is 0 Å². The van der Waals surface area contributed by atoms with Crippen LogP contribution in [0.1, 0.15) is 11.1 Å². The first kappa shape index (κ1) is 37.0. The molecule has 1 fully saturated rings. The number of carbonyl (C=O) groups is 2. The van der Waals surface area contributed by atoms with Crippen molar-refractivity contribution in [1.29, 1.82) is 0 Å². The number of hydrogen-bond acceptors (Lipinski definition) is 15. The summed E-state index contributed by atoms with van der Waals surface area (Å²) >= 11 is 0. The lowest BCUT2D eigenvalue weighted by Gasteiger charge is -2.41. The highest BCUT2D eigenvalue weighted by Gasteiger charge is 2.49. The van der Waals surface area contributed by atoms with E-state index in [2.05, 4.69) is 0 Å². The van der Waals surface area contributed by atoms with Gasteiger partial charge in [-0.3, -0.25) is 4.79 Å². The van der Waals surface area contributed by atoms with Crippen LogP contribution in [0.2, 0.25) is 0 Å². The van der Waals surface area contributed by atoms with E-state index in [1.807, 2.05) is 0 Å². The molecule has 1 aromatic heterocycles. The fourth-order valence-electron chi connectivity index (χ4n) is 5.46. The summed E-state index contributed by atoms with van der Waals surface area (Å²) in [6, 6.07) is 19.1. The van der Waals surface area contributed by atoms with E-state index in [-0.39, 0.29) is 34.2 Å². The normalized spacial score (nSPS) is 19.9. The van der Waals surface area contributed by atoms with Crippen LogP contribution in [0.5, 0.6) is 34.5 Å². The number of benzene rings is 4. The molecule has 5 aromatic rings. The average Bonchev–Trinajstić information content (AvgIpc) is 3.14. The molecule has 4 aromatic carbocycles. The van der Waals surface area contributed by atoms with Crippen molar-refractivity contribution in [3.8, 4) is 45.8 Å². The molecule has 1 saturated heterocycles. The Morgan fingerprint density at radius 3 is 1.85 bits per heavy atom. The minimum absolute atomic E-state index is 0.00556. The molecule has 0 spiro atoms. The smallest absolute Gasteiger partial charge is 0.331 e. The molecule has 15 nitrogen and oxygen atoms in total. The lowest BCUT2D eigenvalue weighted by molar-refractivity contribution is -0.281. The summed E-state index contributed by atoms with van der Waals surface area (Å²) in [6.07, 6.45) is -4.20. The summed E-state index contributed by atoms with van der Waals surface area (Å²) in [4.78, 5) is 39.5. The number of ether oxygens (including phenoxy) is 4. The zero-order chi connectivity index (χ0) is 38.5. The summed E-state index contributed by atoms with van der Waals surface area (Å²) in [5.41, 5.74) is 0.0313. The van der Waals surface area contributed by atoms with Gasteiger partial charge in [-0.15, -0.1) is 0 Å². The van der Waals surface area contributed by atoms with Gasteiger partial charge in [-0.05, 0) is 71.8 Å². The van der Waals surface area contributed by atoms with Gasteiger partial charge in [-0.2, -0.15) is 0 Å². The highest BCUT2D eigenvalue weighted by molar-refractivity contribution is 5.89. The van der Waals surface area contributed by atoms with Crippen LogP contribution in [0.25, 0.3) is 34.4 Å². The Balaban J connectivity index is 1.30. The average molecular weight is 741 g/mol. The van der Waals surface area contributed by atoms with Crippen molar-refractivity contribution in [3.05, 3.63) is 118 Å². The van der Waals surface area contributed by atoms with E-state index in [0.29, 0.717) is 11.1 Å². The fourth-order valence-corrected chi connectivity index (χ4v) is 5.46. The van der Waals surface area contributed by atoms with Gasteiger partial charge in [0, 0.05) is 29.8 Å². The van der Waals surface area contributed by atoms with Crippen LogP contribution in [0.3, 0.4) is 0 Å². The van der Waals surface area contributed by atoms with Crippen molar-refractivity contribution >= 4 is 35.1 Å². The first-order chi connectivity index (χ1) is 25.9. The molecule has 15 heteroatoms. The first-order valence-electron chi connectivity index (χ1n) is 16.2. The van der Waals surface area contributed by atoms with Crippen LogP contribution in [-0.2, 0) is 23.8 Å². The van der Waals surface area contributed by atoms with Crippen LogP contribution in [-0.4, -0.2) is 85.0 Å². The molecule has 7 N–H and O–H groups in total. The number of phenolic OH excluding ortho intramolecular Hbond substituents is 5. The van der Waals surface area contributed by atoms with Crippen LogP contribution in [0, 0.1) is 0 Å². The van der Waals surface area contributed by atoms with Gasteiger partial charge in [0.1, 0.15) is 64.6 Å². The molecule has 6 rings (SSSR count). The van der Waals surface area contributed by atoms with E-state index >= 15 is 0 Å². The second-order valence-electron chi connectivity index (χ2n) is 12.0. The molecule has 5 atom stereocenters. The molecule has 0 bridgehead atoms. The van der Waals surface area contributed by atoms with E-state index in [4.69, 9.17) is 23.4 Å². The van der Waals surface area contributed by atoms with Gasteiger partial charge < -0.3 is 59.1 Å². The molecule has 5 unspecified atom stereocenters. The van der Waals surface area contributed by atoms with Crippen molar-refractivity contribution in [2.24, 2.45) is 0 Å². The van der Waals surface area contributed by atoms with E-state index in [0.717, 1.165) is 24.3 Å². The predicted molar refractivity (Wildman–Crippen MR) is 189 cm³/mol. The zero-order valence-corrected chi connectivity index (χ0v) is 27.9. The number of hydrogen-bond donors (Lipinski definition) is 7. The molecule has 0 saturated carbocycles. The summed E-state index contributed by atoms with van der Waals surface area (Å²) in [7, 11) is 0. The number of aliphatic hydroxyl groups is 2. The standard InChI is InChI=1S/C39H32O15/c40-23-9-1-20(2-10-23)5-15-30(45)50-19-29-37(53-31(46)16-6-21-3-11-24(41)12-4-21)34(48)35(49)39(52-29)54-38-33(47)32-27(44)17-26(43)18-28(32)51-36(38)22-7-13-25(42)14-8-22/h1-18,29,34-35,37,39-44,48-49H,19H2. The predicted octanol–water partition coefficient (Wildman–Crippen LogP) is 3.70. The van der Waals surface area contributed by atoms with Gasteiger partial charge in [0.05, 0.1) is 0 Å². The largest absolute Gasteiger partial charge is 0.508 e. The number of aromatic hydroxyl groups is 5. The Bertz CT molecular complexity index is 2260. The third kappa shape index (κ3) is 8.45. The molecule has 54 heavy (non-hydrogen) atoms. The molecule has 1 aliphatic rings. The van der Waals surface area contributed by atoms with E-state index in [1.54, 1.807) is 12.1 Å². The van der Waals surface area contributed by atoms with Gasteiger partial charge in [-0.1, -0.05) is 24.3 Å². The van der Waals surface area contributed by atoms with Crippen LogP contribution in [0.4, 0.5) is 0 Å². The number of rotatable bonds is 10. The van der Waals surface area contributed by atoms with Crippen molar-refractivity contribution in [3.63, 3.8) is 0 Å². The highest BCUT2D eigenvalue weighted by Crippen LogP contribution is 2.38. The molecule has 278 valence electrons. The van der Waals surface area contributed by atoms with Gasteiger partial charge in [0.25, 0.3) is 0 Å². The van der Waals surface area contributed by atoms with Crippen molar-refractivity contribution < 1.29 is 68.7 Å². The maximum atomic E-state index is 13.8. The molecular weight excluding hydrogens is 708 g/mol. The van der Waals surface area contributed by atoms with E-state index in [9.17, 15) is 50.1 Å². The van der Waals surface area contributed by atoms with Gasteiger partial charge in [-0.25, -0.2) is 9.59 Å². The second kappa shape index (κ2) is 15.8. The minimum atomic E-state index is -2.01. The van der Waals surface area contributed by atoms with Gasteiger partial charge >= 0.3 is 11.9 Å². The Hall–Kier alpha value is -6.81. The lowest BCUT2D eigenvalue weighted by Crippen LogP contribution is -2.61. The summed E-state index contributed by atoms with van der Waals surface area (Å²) in [5.74, 6) is -3.95. The number of phenols is 5. The van der Waals surface area contributed by atoms with Gasteiger partial charge in [0.2, 0.25) is 17.5 Å². The Labute approximate surface area is 305 Å². The number of carbonyl (C=O) groups excluding carboxylic acids is 2. The lowest BCUT2D eigenvalue weighted by atomic mass is 9.98. The summed E-state index contributed by atoms with van der Waals surface area (Å²) in [6.45, 7) is -0.667. The molecular formula is C39H32O15. The van der Waals surface area contributed by atoms with E-state index in [1.165, 1.54) is 72.8 Å². The Morgan fingerprint density at radius 1 is 0.704 bits per heavy atom. The SMILES string of the molecule is O=C(C=Cc1ccc(O)cc1)OCC1OC(Oc2c(-c3ccc(O)cc3)oc3cc(O)cc(O)c3c2=O)C(O)C(O)C1OC(=O)C=Cc1ccc(O)cc1. The minimum Gasteiger partial charge on any atom is -0.508 e. The number of esters is 2. The maximum absolute atomic E-state index is 13.8. The first-order valence-corrected chi connectivity index (χ1v) is 16.2. The van der Waals surface area contributed by atoms with Crippen LogP contribution in [0.15, 0.2) is 106 Å². The molecule has 0 amide bonds. The molecule has 0 radical (unpaired) electrons. The quantitative estimate of drug-likeness (QED) is 0.0798. The highest BCUT2D eigenvalue weighted by atomic mass is 16.7. The molecule has 2 heterocycles. The second-order valence-corrected chi connectivity index (χ2v) is 12.0. The van der Waals surface area contributed by atoms with Crippen molar-refractivity contribution in [2.75, 3.05) is 6.61 Å². The van der Waals surface area contributed by atoms with Gasteiger partial charge in [0.15, 0.2) is 11.9 Å². The third-order valence-electron chi connectivity index (χ3n) is 8.17. The van der Waals surface area contributed by atoms with Crippen LogP contribution < -0.4 is 10.2 Å². The molecule has 0 aliphatic carbocycles. The number of aliphatic hydroxyl groups excluding tert-OH is 2. The van der Waals surface area contributed by atoms with Crippen LogP contribution >= 0.6 is 0 Å². The topological polar surface area (TPSA) is 243 Å². The zero-order valence-electron chi connectivity index (χ0n) is 27.9. The van der Waals surface area contributed by atoms with Crippen molar-refractivity contribution in [2.45, 2.75) is 30.7 Å².